The van der Waals surface area contributed by atoms with Crippen LogP contribution in [-0.4, -0.2) is 26.4 Å². The van der Waals surface area contributed by atoms with E-state index in [1.165, 1.54) is 23.1 Å². The van der Waals surface area contributed by atoms with Gasteiger partial charge in [0.15, 0.2) is 0 Å². The minimum absolute atomic E-state index is 0.169. The summed E-state index contributed by atoms with van der Waals surface area (Å²) in [6, 6.07) is 13.7. The fraction of sp³-hybridized carbons (Fsp3) is 0.222. The molecule has 1 aliphatic rings. The van der Waals surface area contributed by atoms with Gasteiger partial charge in [-0.05, 0) is 36.4 Å². The average molecular weight is 381 g/mol. The van der Waals surface area contributed by atoms with E-state index in [4.69, 9.17) is 5.26 Å². The van der Waals surface area contributed by atoms with Crippen molar-refractivity contribution in [3.63, 3.8) is 0 Å². The highest BCUT2D eigenvalue weighted by atomic mass is 32.2. The molecule has 1 aliphatic carbocycles. The van der Waals surface area contributed by atoms with E-state index in [1.807, 2.05) is 35.0 Å². The van der Waals surface area contributed by atoms with Crippen LogP contribution < -0.4 is 5.32 Å². The number of thioether (sulfide) groups is 1. The molecule has 26 heavy (non-hydrogen) atoms. The lowest BCUT2D eigenvalue weighted by Crippen LogP contribution is -2.13. The molecular formula is C18H15N5OS2. The number of rotatable bonds is 6. The lowest BCUT2D eigenvalue weighted by molar-refractivity contribution is -0.113. The van der Waals surface area contributed by atoms with Crippen molar-refractivity contribution in [1.82, 2.24) is 14.8 Å². The van der Waals surface area contributed by atoms with Gasteiger partial charge in [-0.25, -0.2) is 9.67 Å². The maximum atomic E-state index is 12.2. The number of nitriles is 1. The van der Waals surface area contributed by atoms with E-state index in [2.05, 4.69) is 21.5 Å². The van der Waals surface area contributed by atoms with Crippen molar-refractivity contribution >= 4 is 34.0 Å². The van der Waals surface area contributed by atoms with E-state index >= 15 is 0 Å². The van der Waals surface area contributed by atoms with Gasteiger partial charge in [-0.3, -0.25) is 4.79 Å². The van der Waals surface area contributed by atoms with E-state index in [0.717, 1.165) is 24.4 Å². The average Bonchev–Trinajstić information content (AvgIpc) is 3.27. The summed E-state index contributed by atoms with van der Waals surface area (Å²) in [5.41, 5.74) is 1.46. The summed E-state index contributed by atoms with van der Waals surface area (Å²) in [6.45, 7) is 0. The van der Waals surface area contributed by atoms with Crippen molar-refractivity contribution in [3.8, 4) is 11.8 Å². The van der Waals surface area contributed by atoms with E-state index in [0.29, 0.717) is 21.6 Å². The molecule has 130 valence electrons. The Kier molecular flexibility index (Phi) is 4.73. The number of carbonyl (C=O) groups excluding carboxylic acids is 1. The number of para-hydroxylation sites is 1. The predicted octanol–water partition coefficient (Wildman–Crippen LogP) is 3.81. The van der Waals surface area contributed by atoms with E-state index in [-0.39, 0.29) is 11.7 Å². The summed E-state index contributed by atoms with van der Waals surface area (Å²) in [7, 11) is 0. The highest BCUT2D eigenvalue weighted by molar-refractivity contribution is 7.99. The minimum Gasteiger partial charge on any atom is -0.316 e. The van der Waals surface area contributed by atoms with E-state index in [1.54, 1.807) is 11.4 Å². The second-order valence-electron chi connectivity index (χ2n) is 5.89. The summed E-state index contributed by atoms with van der Waals surface area (Å²) in [5.74, 6) is 1.45. The number of benzene rings is 1. The molecule has 1 amide bonds. The number of hydrogen-bond donors (Lipinski definition) is 1. The second kappa shape index (κ2) is 7.32. The van der Waals surface area contributed by atoms with Crippen LogP contribution in [0.3, 0.4) is 0 Å². The molecule has 8 heteroatoms. The van der Waals surface area contributed by atoms with Gasteiger partial charge in [-0.15, -0.1) is 16.4 Å². The third-order valence-corrected chi connectivity index (χ3v) is 5.59. The number of aromatic nitrogens is 3. The van der Waals surface area contributed by atoms with Gasteiger partial charge in [0, 0.05) is 5.92 Å². The molecule has 3 aromatic rings. The largest absolute Gasteiger partial charge is 0.316 e. The Morgan fingerprint density at radius 1 is 1.35 bits per heavy atom. The highest BCUT2D eigenvalue weighted by Crippen LogP contribution is 2.40. The molecule has 0 unspecified atom stereocenters. The van der Waals surface area contributed by atoms with Crippen LogP contribution >= 0.6 is 23.1 Å². The number of nitrogens with one attached hydrogen (secondary N) is 1. The molecule has 0 spiro atoms. The van der Waals surface area contributed by atoms with Crippen LogP contribution in [0.4, 0.5) is 5.00 Å². The lowest BCUT2D eigenvalue weighted by Gasteiger charge is -2.03. The van der Waals surface area contributed by atoms with Gasteiger partial charge in [0.2, 0.25) is 11.1 Å². The summed E-state index contributed by atoms with van der Waals surface area (Å²) in [6.07, 6.45) is 2.26. The molecule has 4 rings (SSSR count). The first-order valence-corrected chi connectivity index (χ1v) is 10.0. The van der Waals surface area contributed by atoms with Gasteiger partial charge in [-0.1, -0.05) is 30.0 Å². The van der Waals surface area contributed by atoms with Crippen LogP contribution in [0.25, 0.3) is 5.69 Å². The summed E-state index contributed by atoms with van der Waals surface area (Å²) in [5, 5.41) is 19.3. The zero-order valence-corrected chi connectivity index (χ0v) is 15.4. The first-order valence-electron chi connectivity index (χ1n) is 8.17. The summed E-state index contributed by atoms with van der Waals surface area (Å²) in [4.78, 5) is 16.8. The van der Waals surface area contributed by atoms with Gasteiger partial charge in [0.1, 0.15) is 16.9 Å². The van der Waals surface area contributed by atoms with Crippen molar-refractivity contribution in [1.29, 1.82) is 5.26 Å². The van der Waals surface area contributed by atoms with Gasteiger partial charge in [-0.2, -0.15) is 5.26 Å². The predicted molar refractivity (Wildman–Crippen MR) is 102 cm³/mol. The number of hydrogen-bond acceptors (Lipinski definition) is 6. The van der Waals surface area contributed by atoms with Crippen LogP contribution in [0.5, 0.6) is 0 Å². The molecule has 1 fully saturated rings. The molecule has 0 atom stereocenters. The molecule has 2 aromatic heterocycles. The molecule has 6 nitrogen and oxygen atoms in total. The maximum absolute atomic E-state index is 12.2. The van der Waals surface area contributed by atoms with Gasteiger partial charge >= 0.3 is 0 Å². The first kappa shape index (κ1) is 16.8. The molecule has 1 saturated carbocycles. The Hall–Kier alpha value is -2.63. The highest BCUT2D eigenvalue weighted by Gasteiger charge is 2.30. The number of anilines is 1. The zero-order chi connectivity index (χ0) is 17.9. The van der Waals surface area contributed by atoms with Crippen molar-refractivity contribution < 1.29 is 4.79 Å². The van der Waals surface area contributed by atoms with Crippen molar-refractivity contribution in [2.24, 2.45) is 0 Å². The van der Waals surface area contributed by atoms with Crippen molar-refractivity contribution in [3.05, 3.63) is 53.2 Å². The third kappa shape index (κ3) is 3.64. The Morgan fingerprint density at radius 3 is 2.88 bits per heavy atom. The fourth-order valence-corrected chi connectivity index (χ4v) is 3.90. The quantitative estimate of drug-likeness (QED) is 0.657. The fourth-order valence-electron chi connectivity index (χ4n) is 2.52. The maximum Gasteiger partial charge on any atom is 0.235 e. The standard InChI is InChI=1S/C18H15N5OS2/c19-10-13-8-9-25-17(13)20-15(24)11-26-18-21-16(12-6-7-12)23(22-18)14-4-2-1-3-5-14/h1-5,8-9,12H,6-7,11H2,(H,20,24). The molecule has 0 aliphatic heterocycles. The van der Waals surface area contributed by atoms with Crippen molar-refractivity contribution in [2.45, 2.75) is 23.9 Å². The lowest BCUT2D eigenvalue weighted by atomic mass is 10.3. The SMILES string of the molecule is N#Cc1ccsc1NC(=O)CSc1nc(C2CC2)n(-c2ccccc2)n1. The van der Waals surface area contributed by atoms with Crippen LogP contribution in [-0.2, 0) is 4.79 Å². The number of amides is 1. The first-order chi connectivity index (χ1) is 12.7. The summed E-state index contributed by atoms with van der Waals surface area (Å²) < 4.78 is 1.88. The van der Waals surface area contributed by atoms with Gasteiger partial charge in [0.25, 0.3) is 0 Å². The Bertz CT molecular complexity index is 969. The van der Waals surface area contributed by atoms with E-state index < -0.39 is 0 Å². The van der Waals surface area contributed by atoms with Crippen LogP contribution in [0.1, 0.15) is 30.1 Å². The van der Waals surface area contributed by atoms with Gasteiger partial charge in [0.05, 0.1) is 17.0 Å². The van der Waals surface area contributed by atoms with Crippen LogP contribution in [0.15, 0.2) is 46.9 Å². The molecule has 2 heterocycles. The molecule has 0 bridgehead atoms. The minimum atomic E-state index is -0.169. The Morgan fingerprint density at radius 2 is 2.15 bits per heavy atom. The van der Waals surface area contributed by atoms with Crippen LogP contribution in [0.2, 0.25) is 0 Å². The third-order valence-electron chi connectivity index (χ3n) is 3.93. The topological polar surface area (TPSA) is 83.6 Å². The number of nitrogens with zero attached hydrogens (tertiary/aromatic N) is 4. The molecular weight excluding hydrogens is 366 g/mol. The Labute approximate surface area is 158 Å². The normalized spacial score (nSPS) is 13.3. The number of carbonyl (C=O) groups is 1. The molecule has 1 aromatic carbocycles. The zero-order valence-electron chi connectivity index (χ0n) is 13.8. The molecule has 1 N–H and O–H groups in total. The second-order valence-corrected chi connectivity index (χ2v) is 7.74. The number of thiophene rings is 1. The van der Waals surface area contributed by atoms with Crippen LogP contribution in [0, 0.1) is 11.3 Å². The monoisotopic (exact) mass is 381 g/mol. The van der Waals surface area contributed by atoms with Gasteiger partial charge < -0.3 is 5.32 Å². The molecule has 0 saturated heterocycles. The smallest absolute Gasteiger partial charge is 0.235 e. The van der Waals surface area contributed by atoms with E-state index in [9.17, 15) is 4.79 Å². The molecule has 0 radical (unpaired) electrons. The summed E-state index contributed by atoms with van der Waals surface area (Å²) >= 11 is 2.65. The van der Waals surface area contributed by atoms with Crippen molar-refractivity contribution in [2.75, 3.05) is 11.1 Å². The Balaban J connectivity index is 1.45.